The van der Waals surface area contributed by atoms with E-state index in [0.717, 1.165) is 25.8 Å². The molecule has 0 aliphatic rings. The third kappa shape index (κ3) is 4.80. The summed E-state index contributed by atoms with van der Waals surface area (Å²) in [6.07, 6.45) is 5.66. The number of hydrogen-bond acceptors (Lipinski definition) is 4. The summed E-state index contributed by atoms with van der Waals surface area (Å²) in [4.78, 5) is 21.2. The van der Waals surface area contributed by atoms with E-state index >= 15 is 0 Å². The lowest BCUT2D eigenvalue weighted by atomic mass is 10.3. The Kier molecular flexibility index (Phi) is 5.99. The summed E-state index contributed by atoms with van der Waals surface area (Å²) in [6, 6.07) is 1.79. The molecule has 0 spiro atoms. The highest BCUT2D eigenvalue weighted by Crippen LogP contribution is 2.04. The van der Waals surface area contributed by atoms with Gasteiger partial charge in [0.25, 0.3) is 0 Å². The van der Waals surface area contributed by atoms with E-state index in [2.05, 4.69) is 16.9 Å². The van der Waals surface area contributed by atoms with Crippen molar-refractivity contribution in [3.63, 3.8) is 0 Å². The van der Waals surface area contributed by atoms with Crippen LogP contribution in [0.25, 0.3) is 0 Å². The Labute approximate surface area is 102 Å². The van der Waals surface area contributed by atoms with Gasteiger partial charge in [0.2, 0.25) is 0 Å². The normalized spacial score (nSPS) is 10.0. The summed E-state index contributed by atoms with van der Waals surface area (Å²) in [5.74, 6) is 0. The molecule has 1 amide bonds. The molecule has 0 aliphatic carbocycles. The Morgan fingerprint density at radius 3 is 2.53 bits per heavy atom. The van der Waals surface area contributed by atoms with Crippen LogP contribution in [-0.4, -0.2) is 34.1 Å². The third-order valence-corrected chi connectivity index (χ3v) is 2.25. The SMILES string of the molecule is CCCCN(CCC)C(=O)Oc1ncccn1. The molecule has 94 valence electrons. The van der Waals surface area contributed by atoms with E-state index in [9.17, 15) is 4.79 Å². The van der Waals surface area contributed by atoms with Gasteiger partial charge in [0.1, 0.15) is 0 Å². The van der Waals surface area contributed by atoms with E-state index < -0.39 is 0 Å². The Morgan fingerprint density at radius 2 is 1.94 bits per heavy atom. The maximum absolute atomic E-state index is 11.8. The van der Waals surface area contributed by atoms with Gasteiger partial charge in [-0.25, -0.2) is 14.8 Å². The topological polar surface area (TPSA) is 55.3 Å². The van der Waals surface area contributed by atoms with Crippen LogP contribution in [0.1, 0.15) is 33.1 Å². The summed E-state index contributed by atoms with van der Waals surface area (Å²) in [7, 11) is 0. The molecule has 17 heavy (non-hydrogen) atoms. The third-order valence-electron chi connectivity index (χ3n) is 2.25. The lowest BCUT2D eigenvalue weighted by molar-refractivity contribution is 0.147. The number of carbonyl (C=O) groups excluding carboxylic acids is 1. The predicted molar refractivity (Wildman–Crippen MR) is 64.8 cm³/mol. The first kappa shape index (κ1) is 13.4. The molecular weight excluding hydrogens is 218 g/mol. The number of rotatable bonds is 6. The standard InChI is InChI=1S/C12H19N3O2/c1-3-5-10-15(9-4-2)12(16)17-11-13-7-6-8-14-11/h6-8H,3-5,9-10H2,1-2H3. The van der Waals surface area contributed by atoms with Crippen molar-refractivity contribution in [2.24, 2.45) is 0 Å². The zero-order chi connectivity index (χ0) is 12.5. The Bertz CT molecular complexity index is 330. The van der Waals surface area contributed by atoms with E-state index in [1.807, 2.05) is 6.92 Å². The minimum absolute atomic E-state index is 0.107. The van der Waals surface area contributed by atoms with Gasteiger partial charge in [-0.15, -0.1) is 0 Å². The molecule has 0 fully saturated rings. The summed E-state index contributed by atoms with van der Waals surface area (Å²) in [6.45, 7) is 5.54. The minimum Gasteiger partial charge on any atom is -0.374 e. The second-order valence-corrected chi connectivity index (χ2v) is 3.74. The van der Waals surface area contributed by atoms with Crippen molar-refractivity contribution in [1.82, 2.24) is 14.9 Å². The zero-order valence-corrected chi connectivity index (χ0v) is 10.4. The molecule has 0 aliphatic heterocycles. The van der Waals surface area contributed by atoms with Crippen LogP contribution in [0, 0.1) is 0 Å². The van der Waals surface area contributed by atoms with Crippen LogP contribution in [0.15, 0.2) is 18.5 Å². The molecule has 1 aromatic heterocycles. The van der Waals surface area contributed by atoms with Crippen LogP contribution in [0.2, 0.25) is 0 Å². The van der Waals surface area contributed by atoms with Crippen molar-refractivity contribution in [2.45, 2.75) is 33.1 Å². The van der Waals surface area contributed by atoms with Crippen LogP contribution >= 0.6 is 0 Å². The first-order valence-corrected chi connectivity index (χ1v) is 6.01. The lowest BCUT2D eigenvalue weighted by Crippen LogP contribution is -2.35. The Hall–Kier alpha value is -1.65. The van der Waals surface area contributed by atoms with Crippen molar-refractivity contribution in [3.05, 3.63) is 18.5 Å². The Morgan fingerprint density at radius 1 is 1.24 bits per heavy atom. The van der Waals surface area contributed by atoms with Crippen LogP contribution < -0.4 is 4.74 Å². The van der Waals surface area contributed by atoms with E-state index in [1.165, 1.54) is 0 Å². The molecule has 0 saturated carbocycles. The van der Waals surface area contributed by atoms with Gasteiger partial charge in [-0.2, -0.15) is 0 Å². The van der Waals surface area contributed by atoms with E-state index in [4.69, 9.17) is 4.74 Å². The van der Waals surface area contributed by atoms with Crippen molar-refractivity contribution >= 4 is 6.09 Å². The number of nitrogens with zero attached hydrogens (tertiary/aromatic N) is 3. The molecule has 5 nitrogen and oxygen atoms in total. The number of unbranched alkanes of at least 4 members (excludes halogenated alkanes) is 1. The molecule has 1 rings (SSSR count). The number of amides is 1. The monoisotopic (exact) mass is 237 g/mol. The van der Waals surface area contributed by atoms with Gasteiger partial charge in [0.05, 0.1) is 0 Å². The molecule has 0 radical (unpaired) electrons. The van der Waals surface area contributed by atoms with E-state index in [1.54, 1.807) is 23.4 Å². The van der Waals surface area contributed by atoms with E-state index in [-0.39, 0.29) is 12.1 Å². The molecular formula is C12H19N3O2. The highest BCUT2D eigenvalue weighted by Gasteiger charge is 2.15. The summed E-state index contributed by atoms with van der Waals surface area (Å²) in [5, 5.41) is 0. The number of carbonyl (C=O) groups is 1. The van der Waals surface area contributed by atoms with Crippen LogP contribution in [0.3, 0.4) is 0 Å². The molecule has 0 unspecified atom stereocenters. The second-order valence-electron chi connectivity index (χ2n) is 3.74. The molecule has 1 heterocycles. The number of aromatic nitrogens is 2. The molecule has 5 heteroatoms. The molecule has 0 N–H and O–H groups in total. The number of ether oxygens (including phenoxy) is 1. The fourth-order valence-electron chi connectivity index (χ4n) is 1.39. The largest absolute Gasteiger partial charge is 0.417 e. The average molecular weight is 237 g/mol. The fourth-order valence-corrected chi connectivity index (χ4v) is 1.39. The molecule has 0 atom stereocenters. The highest BCUT2D eigenvalue weighted by molar-refractivity contribution is 5.69. The maximum atomic E-state index is 11.8. The number of hydrogen-bond donors (Lipinski definition) is 0. The minimum atomic E-state index is -0.369. The summed E-state index contributed by atoms with van der Waals surface area (Å²) >= 11 is 0. The quantitative estimate of drug-likeness (QED) is 0.762. The van der Waals surface area contributed by atoms with Crippen molar-refractivity contribution < 1.29 is 9.53 Å². The first-order chi connectivity index (χ1) is 8.27. The molecule has 0 aromatic carbocycles. The van der Waals surface area contributed by atoms with Crippen LogP contribution in [-0.2, 0) is 0 Å². The molecule has 0 bridgehead atoms. The van der Waals surface area contributed by atoms with Gasteiger partial charge < -0.3 is 9.64 Å². The van der Waals surface area contributed by atoms with Gasteiger partial charge in [0.15, 0.2) is 0 Å². The smallest absolute Gasteiger partial charge is 0.374 e. The van der Waals surface area contributed by atoms with Crippen LogP contribution in [0.5, 0.6) is 6.01 Å². The highest BCUT2D eigenvalue weighted by atomic mass is 16.6. The first-order valence-electron chi connectivity index (χ1n) is 6.01. The summed E-state index contributed by atoms with van der Waals surface area (Å²) in [5.41, 5.74) is 0. The van der Waals surface area contributed by atoms with Gasteiger partial charge in [-0.1, -0.05) is 20.3 Å². The van der Waals surface area contributed by atoms with Gasteiger partial charge in [-0.3, -0.25) is 0 Å². The fraction of sp³-hybridized carbons (Fsp3) is 0.583. The zero-order valence-electron chi connectivity index (χ0n) is 10.4. The second kappa shape index (κ2) is 7.60. The van der Waals surface area contributed by atoms with Crippen molar-refractivity contribution in [3.8, 4) is 6.01 Å². The van der Waals surface area contributed by atoms with Gasteiger partial charge >= 0.3 is 12.1 Å². The molecule has 1 aromatic rings. The maximum Gasteiger partial charge on any atom is 0.417 e. The average Bonchev–Trinajstić information content (AvgIpc) is 2.35. The van der Waals surface area contributed by atoms with Crippen molar-refractivity contribution in [1.29, 1.82) is 0 Å². The summed E-state index contributed by atoms with van der Waals surface area (Å²) < 4.78 is 5.09. The molecule has 0 saturated heterocycles. The van der Waals surface area contributed by atoms with Gasteiger partial charge in [-0.05, 0) is 18.9 Å². The van der Waals surface area contributed by atoms with Crippen molar-refractivity contribution in [2.75, 3.05) is 13.1 Å². The van der Waals surface area contributed by atoms with E-state index in [0.29, 0.717) is 6.54 Å². The Balaban J connectivity index is 2.52. The predicted octanol–water partition coefficient (Wildman–Crippen LogP) is 2.49. The van der Waals surface area contributed by atoms with Gasteiger partial charge in [0, 0.05) is 25.5 Å². The van der Waals surface area contributed by atoms with Crippen LogP contribution in [0.4, 0.5) is 4.79 Å². The lowest BCUT2D eigenvalue weighted by Gasteiger charge is -2.20.